The molecule has 0 fully saturated rings. The molecule has 0 aliphatic rings. The van der Waals surface area contributed by atoms with Crippen molar-refractivity contribution in [3.05, 3.63) is 29.3 Å². The number of nitrogens with zero attached hydrogens (tertiary/aromatic N) is 1. The van der Waals surface area contributed by atoms with Crippen molar-refractivity contribution in [2.24, 2.45) is 4.99 Å². The number of phenols is 1. The standard InChI is InChI=1S/C15H10F13NO/c1-7-3-2-4-8(9(7)30)5-29-6-10(16,17)11(18,19)12(20,21)13(22,23)14(24,25)15(26,27)28/h2-5,30H,6H2,1H3. The van der Waals surface area contributed by atoms with Gasteiger partial charge in [-0.15, -0.1) is 0 Å². The Kier molecular flexibility index (Phi) is 6.44. The summed E-state index contributed by atoms with van der Waals surface area (Å²) in [7, 11) is 0. The quantitative estimate of drug-likeness (QED) is 0.396. The summed E-state index contributed by atoms with van der Waals surface area (Å²) in [6, 6.07) is 3.52. The molecule has 0 radical (unpaired) electrons. The maximum Gasteiger partial charge on any atom is 0.460 e. The first-order valence-electron chi connectivity index (χ1n) is 7.39. The van der Waals surface area contributed by atoms with Crippen LogP contribution in [-0.2, 0) is 0 Å². The fourth-order valence-corrected chi connectivity index (χ4v) is 1.95. The van der Waals surface area contributed by atoms with Gasteiger partial charge in [-0.3, -0.25) is 4.99 Å². The molecule has 1 N–H and O–H groups in total. The zero-order valence-corrected chi connectivity index (χ0v) is 14.3. The lowest BCUT2D eigenvalue weighted by molar-refractivity contribution is -0.438. The van der Waals surface area contributed by atoms with Crippen LogP contribution in [0, 0.1) is 6.92 Å². The average molecular weight is 467 g/mol. The topological polar surface area (TPSA) is 32.6 Å². The molecule has 0 aliphatic heterocycles. The molecule has 0 spiro atoms. The number of benzene rings is 1. The van der Waals surface area contributed by atoms with Crippen LogP contribution in [0.1, 0.15) is 11.1 Å². The Morgan fingerprint density at radius 2 is 1.23 bits per heavy atom. The lowest BCUT2D eigenvalue weighted by atomic mass is 9.94. The summed E-state index contributed by atoms with van der Waals surface area (Å²) in [4.78, 5) is 2.59. The van der Waals surface area contributed by atoms with E-state index in [2.05, 4.69) is 4.99 Å². The van der Waals surface area contributed by atoms with Crippen LogP contribution in [0.3, 0.4) is 0 Å². The second-order valence-electron chi connectivity index (χ2n) is 5.98. The summed E-state index contributed by atoms with van der Waals surface area (Å²) in [5.41, 5.74) is -0.258. The zero-order chi connectivity index (χ0) is 24.0. The van der Waals surface area contributed by atoms with Gasteiger partial charge in [-0.2, -0.15) is 57.1 Å². The van der Waals surface area contributed by atoms with Crippen molar-refractivity contribution in [3.63, 3.8) is 0 Å². The number of para-hydroxylation sites is 1. The molecule has 0 aliphatic carbocycles. The second-order valence-corrected chi connectivity index (χ2v) is 5.98. The number of rotatable bonds is 7. The molecule has 0 aromatic heterocycles. The lowest BCUT2D eigenvalue weighted by Crippen LogP contribution is -2.70. The van der Waals surface area contributed by atoms with E-state index in [-0.39, 0.29) is 11.8 Å². The average Bonchev–Trinajstić information content (AvgIpc) is 2.56. The molecule has 0 heterocycles. The van der Waals surface area contributed by atoms with Gasteiger partial charge in [0, 0.05) is 11.8 Å². The molecule has 1 rings (SSSR count). The van der Waals surface area contributed by atoms with Gasteiger partial charge in [-0.1, -0.05) is 12.1 Å². The lowest BCUT2D eigenvalue weighted by Gasteiger charge is -2.39. The van der Waals surface area contributed by atoms with Crippen molar-refractivity contribution < 1.29 is 62.2 Å². The van der Waals surface area contributed by atoms with Crippen LogP contribution in [0.4, 0.5) is 57.1 Å². The molecule has 0 amide bonds. The zero-order valence-electron chi connectivity index (χ0n) is 14.3. The summed E-state index contributed by atoms with van der Waals surface area (Å²) in [6.45, 7) is -1.41. The molecular weight excluding hydrogens is 457 g/mol. The van der Waals surface area contributed by atoms with Crippen LogP contribution >= 0.6 is 0 Å². The Morgan fingerprint density at radius 3 is 1.70 bits per heavy atom. The minimum absolute atomic E-state index is 0.136. The maximum atomic E-state index is 13.5. The molecule has 1 aromatic rings. The van der Waals surface area contributed by atoms with E-state index in [4.69, 9.17) is 0 Å². The number of phenolic OH excluding ortho intramolecular Hbond substituents is 1. The first-order valence-corrected chi connectivity index (χ1v) is 7.39. The van der Waals surface area contributed by atoms with Gasteiger partial charge in [-0.25, -0.2) is 0 Å². The van der Waals surface area contributed by atoms with Gasteiger partial charge in [0.1, 0.15) is 12.3 Å². The highest BCUT2D eigenvalue weighted by molar-refractivity contribution is 5.84. The molecule has 172 valence electrons. The van der Waals surface area contributed by atoms with Gasteiger partial charge in [0.15, 0.2) is 0 Å². The minimum Gasteiger partial charge on any atom is -0.507 e. The first-order chi connectivity index (χ1) is 13.1. The normalized spacial score (nSPS) is 15.1. The number of alkyl halides is 13. The van der Waals surface area contributed by atoms with Gasteiger partial charge >= 0.3 is 35.8 Å². The number of hydrogen-bond donors (Lipinski definition) is 1. The number of hydrogen-bond acceptors (Lipinski definition) is 2. The van der Waals surface area contributed by atoms with Crippen LogP contribution in [-0.4, -0.2) is 53.7 Å². The van der Waals surface area contributed by atoms with Crippen molar-refractivity contribution in [3.8, 4) is 5.75 Å². The van der Waals surface area contributed by atoms with E-state index in [0.29, 0.717) is 0 Å². The molecule has 0 saturated heterocycles. The van der Waals surface area contributed by atoms with E-state index in [0.717, 1.165) is 6.07 Å². The van der Waals surface area contributed by atoms with E-state index in [1.807, 2.05) is 0 Å². The van der Waals surface area contributed by atoms with Crippen molar-refractivity contribution in [2.75, 3.05) is 6.54 Å². The van der Waals surface area contributed by atoms with Crippen molar-refractivity contribution >= 4 is 6.21 Å². The monoisotopic (exact) mass is 467 g/mol. The predicted octanol–water partition coefficient (Wildman–Crippen LogP) is 5.86. The highest BCUT2D eigenvalue weighted by Crippen LogP contribution is 2.60. The van der Waals surface area contributed by atoms with E-state index in [1.165, 1.54) is 19.1 Å². The van der Waals surface area contributed by atoms with Crippen molar-refractivity contribution in [1.29, 1.82) is 0 Å². The van der Waals surface area contributed by atoms with Gasteiger partial charge in [0.2, 0.25) is 0 Å². The highest BCUT2D eigenvalue weighted by Gasteiger charge is 2.90. The molecule has 0 unspecified atom stereocenters. The number of aliphatic imine (C=N–C) groups is 1. The summed E-state index contributed by atoms with van der Waals surface area (Å²) in [6.07, 6.45) is -7.20. The largest absolute Gasteiger partial charge is 0.507 e. The maximum absolute atomic E-state index is 13.5. The number of aromatic hydroxyl groups is 1. The molecular formula is C15H10F13NO. The molecule has 15 heteroatoms. The summed E-state index contributed by atoms with van der Waals surface area (Å²) in [5.74, 6) is -37.8. The fraction of sp³-hybridized carbons (Fsp3) is 0.533. The second kappa shape index (κ2) is 7.48. The predicted molar refractivity (Wildman–Crippen MR) is 76.1 cm³/mol. The summed E-state index contributed by atoms with van der Waals surface area (Å²) >= 11 is 0. The fourth-order valence-electron chi connectivity index (χ4n) is 1.95. The smallest absolute Gasteiger partial charge is 0.460 e. The van der Waals surface area contributed by atoms with Gasteiger partial charge in [-0.05, 0) is 18.6 Å². The first kappa shape index (κ1) is 25.8. The number of aryl methyl sites for hydroxylation is 1. The van der Waals surface area contributed by atoms with Crippen LogP contribution in [0.5, 0.6) is 5.75 Å². The Labute approximate surface area is 159 Å². The van der Waals surface area contributed by atoms with E-state index in [9.17, 15) is 62.2 Å². The summed E-state index contributed by atoms with van der Waals surface area (Å²) < 4.78 is 168. The van der Waals surface area contributed by atoms with Gasteiger partial charge < -0.3 is 5.11 Å². The highest BCUT2D eigenvalue weighted by atomic mass is 19.4. The number of halogens is 13. The van der Waals surface area contributed by atoms with Gasteiger partial charge in [0.25, 0.3) is 0 Å². The van der Waals surface area contributed by atoms with Crippen LogP contribution in [0.25, 0.3) is 0 Å². The van der Waals surface area contributed by atoms with Crippen molar-refractivity contribution in [1.82, 2.24) is 0 Å². The molecule has 1 aromatic carbocycles. The Bertz CT molecular complexity index is 798. The Morgan fingerprint density at radius 1 is 0.767 bits per heavy atom. The van der Waals surface area contributed by atoms with Crippen LogP contribution < -0.4 is 0 Å². The molecule has 0 bridgehead atoms. The van der Waals surface area contributed by atoms with E-state index < -0.39 is 53.6 Å². The third-order valence-electron chi connectivity index (χ3n) is 3.79. The molecule has 0 atom stereocenters. The molecule has 2 nitrogen and oxygen atoms in total. The molecule has 30 heavy (non-hydrogen) atoms. The van der Waals surface area contributed by atoms with Crippen LogP contribution in [0.2, 0.25) is 0 Å². The SMILES string of the molecule is Cc1cccc(C=NCC(F)(F)C(F)(F)C(F)(F)C(F)(F)C(F)(F)C(F)(F)F)c1O. The Hall–Kier alpha value is -2.22. The summed E-state index contributed by atoms with van der Waals surface area (Å²) in [5, 5.41) is 9.55. The van der Waals surface area contributed by atoms with E-state index >= 15 is 0 Å². The van der Waals surface area contributed by atoms with Crippen molar-refractivity contribution in [2.45, 2.75) is 42.7 Å². The van der Waals surface area contributed by atoms with Crippen LogP contribution in [0.15, 0.2) is 23.2 Å². The van der Waals surface area contributed by atoms with Gasteiger partial charge in [0.05, 0.1) is 0 Å². The minimum atomic E-state index is -7.94. The third-order valence-corrected chi connectivity index (χ3v) is 3.79. The molecule has 0 saturated carbocycles. The van der Waals surface area contributed by atoms with E-state index in [1.54, 1.807) is 0 Å². The Balaban J connectivity index is 3.29. The third kappa shape index (κ3) is 3.89.